The summed E-state index contributed by atoms with van der Waals surface area (Å²) in [7, 11) is 0. The van der Waals surface area contributed by atoms with E-state index in [1.165, 1.54) is 36.3 Å². The number of thioether (sulfide) groups is 1. The molecule has 0 spiro atoms. The Labute approximate surface area is 130 Å². The molecule has 0 fully saturated rings. The van der Waals surface area contributed by atoms with Crippen molar-refractivity contribution in [3.05, 3.63) is 11.5 Å². The summed E-state index contributed by atoms with van der Waals surface area (Å²) in [5.74, 6) is 2.50. The first-order chi connectivity index (χ1) is 8.83. The Balaban J connectivity index is 0. The summed E-state index contributed by atoms with van der Waals surface area (Å²) in [5, 5.41) is 0. The van der Waals surface area contributed by atoms with E-state index in [-0.39, 0.29) is 5.41 Å². The topological polar surface area (TPSA) is 17.1 Å². The van der Waals surface area contributed by atoms with Crippen molar-refractivity contribution in [1.29, 1.82) is 0 Å². The van der Waals surface area contributed by atoms with Gasteiger partial charge in [0.05, 0.1) is 0 Å². The van der Waals surface area contributed by atoms with Gasteiger partial charge >= 0.3 is 0 Å². The maximum atomic E-state index is 9.10. The monoisotopic (exact) mass is 304 g/mol. The van der Waals surface area contributed by atoms with Gasteiger partial charge in [-0.25, -0.2) is 0 Å². The van der Waals surface area contributed by atoms with Crippen molar-refractivity contribution < 1.29 is 4.79 Å². The summed E-state index contributed by atoms with van der Waals surface area (Å²) in [6, 6.07) is 0. The molecule has 0 saturated heterocycles. The van der Waals surface area contributed by atoms with Gasteiger partial charge in [-0.2, -0.15) is 12.6 Å². The molecule has 114 valence electrons. The zero-order valence-electron chi connectivity index (χ0n) is 13.4. The van der Waals surface area contributed by atoms with Gasteiger partial charge in [0.15, 0.2) is 0 Å². The fourth-order valence-electron chi connectivity index (χ4n) is 1.53. The number of rotatable bonds is 8. The van der Waals surface area contributed by atoms with Gasteiger partial charge in [0.2, 0.25) is 0 Å². The van der Waals surface area contributed by atoms with Crippen LogP contribution in [0.3, 0.4) is 0 Å². The normalized spacial score (nSPS) is 12.3. The predicted molar refractivity (Wildman–Crippen MR) is 94.3 cm³/mol. The second-order valence-electron chi connectivity index (χ2n) is 5.72. The Morgan fingerprint density at radius 1 is 1.32 bits per heavy atom. The summed E-state index contributed by atoms with van der Waals surface area (Å²) in [6.45, 7) is 15.5. The second-order valence-corrected chi connectivity index (χ2v) is 7.28. The third-order valence-corrected chi connectivity index (χ3v) is 4.54. The molecule has 0 aliphatic heterocycles. The van der Waals surface area contributed by atoms with Crippen LogP contribution >= 0.6 is 24.4 Å². The van der Waals surface area contributed by atoms with E-state index >= 15 is 0 Å². The smallest absolute Gasteiger partial charge is 0.129 e. The average Bonchev–Trinajstić information content (AvgIpc) is 2.36. The van der Waals surface area contributed by atoms with Gasteiger partial charge in [-0.1, -0.05) is 60.5 Å². The summed E-state index contributed by atoms with van der Waals surface area (Å²) in [6.07, 6.45) is 6.13. The van der Waals surface area contributed by atoms with Crippen molar-refractivity contribution in [1.82, 2.24) is 0 Å². The number of carbonyl (C=O) groups is 1. The van der Waals surface area contributed by atoms with Crippen LogP contribution in [-0.2, 0) is 4.79 Å². The Bertz CT molecular complexity index is 231. The van der Waals surface area contributed by atoms with E-state index in [4.69, 9.17) is 4.79 Å². The van der Waals surface area contributed by atoms with E-state index in [0.29, 0.717) is 5.75 Å². The first kappa shape index (κ1) is 21.4. The fourth-order valence-corrected chi connectivity index (χ4v) is 2.66. The van der Waals surface area contributed by atoms with Gasteiger partial charge < -0.3 is 4.79 Å². The van der Waals surface area contributed by atoms with Gasteiger partial charge in [-0.15, -0.1) is 11.8 Å². The highest BCUT2D eigenvalue weighted by atomic mass is 32.2. The number of aldehydes is 1. The molecule has 19 heavy (non-hydrogen) atoms. The molecule has 0 aromatic heterocycles. The first-order valence-electron chi connectivity index (χ1n) is 7.20. The fraction of sp³-hybridized carbons (Fsp3) is 0.812. The Hall–Kier alpha value is 0.110. The van der Waals surface area contributed by atoms with Crippen molar-refractivity contribution in [2.24, 2.45) is 11.3 Å². The van der Waals surface area contributed by atoms with Crippen LogP contribution in [-0.4, -0.2) is 17.8 Å². The largest absolute Gasteiger partial charge is 0.302 e. The van der Waals surface area contributed by atoms with Gasteiger partial charge in [0.25, 0.3) is 0 Å². The standard InChI is InChI=1S/C14H28S.C2H4OS/c1-7-9-13(8-2)10-11-15-12(3)14(4,5)6;3-1-2-4/h13H,3,7-11H2,1-2,4-6H3;1,4H,2H2. The lowest BCUT2D eigenvalue weighted by molar-refractivity contribution is -0.105. The molecule has 0 aliphatic carbocycles. The average molecular weight is 305 g/mol. The highest BCUT2D eigenvalue weighted by molar-refractivity contribution is 8.03. The number of thiol groups is 1. The number of hydrogen-bond donors (Lipinski definition) is 1. The minimum atomic E-state index is 0.261. The summed E-state index contributed by atoms with van der Waals surface area (Å²) in [4.78, 5) is 10.4. The molecule has 0 bridgehead atoms. The van der Waals surface area contributed by atoms with Crippen LogP contribution in [0.25, 0.3) is 0 Å². The molecule has 0 aromatic rings. The van der Waals surface area contributed by atoms with Crippen LogP contribution in [0.4, 0.5) is 0 Å². The highest BCUT2D eigenvalue weighted by Crippen LogP contribution is 2.34. The van der Waals surface area contributed by atoms with Crippen molar-refractivity contribution in [3.8, 4) is 0 Å². The molecule has 0 amide bonds. The quantitative estimate of drug-likeness (QED) is 0.463. The van der Waals surface area contributed by atoms with E-state index in [1.54, 1.807) is 0 Å². The third kappa shape index (κ3) is 14.3. The molecule has 0 saturated carbocycles. The second kappa shape index (κ2) is 13.1. The highest BCUT2D eigenvalue weighted by Gasteiger charge is 2.15. The molecule has 3 heteroatoms. The molecule has 0 aromatic carbocycles. The van der Waals surface area contributed by atoms with Crippen LogP contribution in [0.2, 0.25) is 0 Å². The van der Waals surface area contributed by atoms with Gasteiger partial charge in [-0.3, -0.25) is 0 Å². The predicted octanol–water partition coefficient (Wildman–Crippen LogP) is 5.61. The maximum absolute atomic E-state index is 9.10. The lowest BCUT2D eigenvalue weighted by Crippen LogP contribution is -2.07. The zero-order chi connectivity index (χ0) is 15.3. The molecule has 1 atom stereocenters. The Morgan fingerprint density at radius 2 is 1.84 bits per heavy atom. The van der Waals surface area contributed by atoms with Crippen molar-refractivity contribution in [3.63, 3.8) is 0 Å². The molecule has 0 heterocycles. The molecular formula is C16H32OS2. The van der Waals surface area contributed by atoms with Crippen LogP contribution in [0.15, 0.2) is 11.5 Å². The molecular weight excluding hydrogens is 272 g/mol. The number of carbonyl (C=O) groups excluding carboxylic acids is 1. The van der Waals surface area contributed by atoms with E-state index in [1.807, 2.05) is 11.8 Å². The van der Waals surface area contributed by atoms with Gasteiger partial charge in [0.1, 0.15) is 6.29 Å². The lowest BCUT2D eigenvalue weighted by Gasteiger charge is -2.22. The van der Waals surface area contributed by atoms with Crippen molar-refractivity contribution in [2.45, 2.75) is 60.3 Å². The maximum Gasteiger partial charge on any atom is 0.129 e. The van der Waals surface area contributed by atoms with Gasteiger partial charge in [0, 0.05) is 5.75 Å². The molecule has 0 radical (unpaired) electrons. The Morgan fingerprint density at radius 3 is 2.16 bits per heavy atom. The molecule has 1 nitrogen and oxygen atoms in total. The van der Waals surface area contributed by atoms with E-state index in [2.05, 4.69) is 53.8 Å². The number of hydrogen-bond acceptors (Lipinski definition) is 3. The number of allylic oxidation sites excluding steroid dienone is 1. The van der Waals surface area contributed by atoms with E-state index in [9.17, 15) is 0 Å². The summed E-state index contributed by atoms with van der Waals surface area (Å²) >= 11 is 5.51. The van der Waals surface area contributed by atoms with Crippen LogP contribution in [0, 0.1) is 11.3 Å². The SMILES string of the molecule is C=C(SCCC(CC)CCC)C(C)(C)C.O=CCS. The van der Waals surface area contributed by atoms with Crippen LogP contribution in [0.1, 0.15) is 60.3 Å². The minimum Gasteiger partial charge on any atom is -0.302 e. The lowest BCUT2D eigenvalue weighted by atomic mass is 9.97. The van der Waals surface area contributed by atoms with Gasteiger partial charge in [-0.05, 0) is 28.4 Å². The molecule has 0 N–H and O–H groups in total. The summed E-state index contributed by atoms with van der Waals surface area (Å²) in [5.41, 5.74) is 0.261. The van der Waals surface area contributed by atoms with E-state index < -0.39 is 0 Å². The summed E-state index contributed by atoms with van der Waals surface area (Å²) < 4.78 is 0. The van der Waals surface area contributed by atoms with Crippen molar-refractivity contribution in [2.75, 3.05) is 11.5 Å². The van der Waals surface area contributed by atoms with Crippen LogP contribution in [0.5, 0.6) is 0 Å². The Kier molecular flexibility index (Phi) is 14.8. The van der Waals surface area contributed by atoms with E-state index in [0.717, 1.165) is 12.2 Å². The third-order valence-electron chi connectivity index (χ3n) is 2.99. The minimum absolute atomic E-state index is 0.261. The van der Waals surface area contributed by atoms with Crippen molar-refractivity contribution >= 4 is 30.7 Å². The zero-order valence-corrected chi connectivity index (χ0v) is 15.1. The molecule has 1 unspecified atom stereocenters. The first-order valence-corrected chi connectivity index (χ1v) is 8.81. The molecule has 0 rings (SSSR count). The van der Waals surface area contributed by atoms with Crippen LogP contribution < -0.4 is 0 Å². The molecule has 0 aliphatic rings.